The summed E-state index contributed by atoms with van der Waals surface area (Å²) in [7, 11) is 2.67. The molecule has 28 heavy (non-hydrogen) atoms. The molecule has 0 heterocycles. The first-order chi connectivity index (χ1) is 13.3. The van der Waals surface area contributed by atoms with Crippen molar-refractivity contribution in [1.82, 2.24) is 0 Å². The monoisotopic (exact) mass is 409 g/mol. The molecule has 1 amide bonds. The largest absolute Gasteiger partial charge is 0.493 e. The Bertz CT molecular complexity index is 918. The van der Waals surface area contributed by atoms with Crippen molar-refractivity contribution in [2.75, 3.05) is 19.5 Å². The lowest BCUT2D eigenvalue weighted by Crippen LogP contribution is -2.30. The fraction of sp³-hybridized carbons (Fsp3) is 0.211. The number of hydrogen-bond acceptors (Lipinski definition) is 6. The molecule has 2 aromatic carbocycles. The Labute approximate surface area is 165 Å². The van der Waals surface area contributed by atoms with E-state index >= 15 is 0 Å². The molecular formula is C19H17ClFNO6. The van der Waals surface area contributed by atoms with Crippen LogP contribution in [0, 0.1) is 5.82 Å². The molecule has 9 heteroatoms. The zero-order chi connectivity index (χ0) is 20.8. The molecule has 0 aliphatic heterocycles. The van der Waals surface area contributed by atoms with Gasteiger partial charge in [0.25, 0.3) is 5.91 Å². The Balaban J connectivity index is 2.22. The average Bonchev–Trinajstić information content (AvgIpc) is 2.68. The van der Waals surface area contributed by atoms with Crippen LogP contribution in [-0.4, -0.2) is 38.5 Å². The predicted octanol–water partition coefficient (Wildman–Crippen LogP) is 3.49. The van der Waals surface area contributed by atoms with Gasteiger partial charge in [0.2, 0.25) is 0 Å². The minimum absolute atomic E-state index is 0.00582. The first-order valence-electron chi connectivity index (χ1n) is 7.99. The van der Waals surface area contributed by atoms with Crippen LogP contribution in [0.15, 0.2) is 30.3 Å². The number of rotatable bonds is 7. The average molecular weight is 410 g/mol. The van der Waals surface area contributed by atoms with Crippen LogP contribution >= 0.6 is 11.6 Å². The van der Waals surface area contributed by atoms with Crippen molar-refractivity contribution < 1.29 is 33.0 Å². The third kappa shape index (κ3) is 4.58. The minimum atomic E-state index is -1.25. The van der Waals surface area contributed by atoms with Gasteiger partial charge >= 0.3 is 5.97 Å². The fourth-order valence-electron chi connectivity index (χ4n) is 2.35. The quantitative estimate of drug-likeness (QED) is 0.556. The maximum absolute atomic E-state index is 13.1. The first-order valence-corrected chi connectivity index (χ1v) is 8.37. The SMILES string of the molecule is COc1ccc(C=O)c(C(=O)O[C@@H](C)C(=O)Nc2ccc(F)cc2Cl)c1OC. The van der Waals surface area contributed by atoms with Gasteiger partial charge in [-0.3, -0.25) is 9.59 Å². The van der Waals surface area contributed by atoms with Gasteiger partial charge in [-0.2, -0.15) is 0 Å². The van der Waals surface area contributed by atoms with Gasteiger partial charge in [0.1, 0.15) is 11.4 Å². The molecule has 148 valence electrons. The normalized spacial score (nSPS) is 11.3. The molecule has 1 N–H and O–H groups in total. The maximum atomic E-state index is 13.1. The lowest BCUT2D eigenvalue weighted by molar-refractivity contribution is -0.123. The highest BCUT2D eigenvalue weighted by Crippen LogP contribution is 2.33. The molecule has 0 unspecified atom stereocenters. The topological polar surface area (TPSA) is 90.9 Å². The summed E-state index contributed by atoms with van der Waals surface area (Å²) in [6.07, 6.45) is -0.786. The molecule has 1 atom stereocenters. The summed E-state index contributed by atoms with van der Waals surface area (Å²) in [6.45, 7) is 1.33. The van der Waals surface area contributed by atoms with Gasteiger partial charge < -0.3 is 19.5 Å². The molecule has 0 saturated heterocycles. The van der Waals surface area contributed by atoms with E-state index in [-0.39, 0.29) is 33.3 Å². The molecule has 0 fully saturated rings. The number of amides is 1. The molecule has 0 aliphatic carbocycles. The maximum Gasteiger partial charge on any atom is 0.343 e. The fourth-order valence-corrected chi connectivity index (χ4v) is 2.56. The van der Waals surface area contributed by atoms with Crippen molar-refractivity contribution in [1.29, 1.82) is 0 Å². The lowest BCUT2D eigenvalue weighted by Gasteiger charge is -2.17. The molecule has 0 spiro atoms. The van der Waals surface area contributed by atoms with E-state index in [9.17, 15) is 18.8 Å². The molecule has 0 bridgehead atoms. The van der Waals surface area contributed by atoms with E-state index in [2.05, 4.69) is 5.32 Å². The Kier molecular flexibility index (Phi) is 6.94. The van der Waals surface area contributed by atoms with Gasteiger partial charge in [-0.05, 0) is 37.3 Å². The van der Waals surface area contributed by atoms with Gasteiger partial charge in [0.05, 0.1) is 24.9 Å². The van der Waals surface area contributed by atoms with Crippen LogP contribution in [-0.2, 0) is 9.53 Å². The van der Waals surface area contributed by atoms with E-state index in [0.29, 0.717) is 6.29 Å². The number of carbonyl (C=O) groups excluding carboxylic acids is 3. The number of methoxy groups -OCH3 is 2. The van der Waals surface area contributed by atoms with Crippen molar-refractivity contribution in [3.63, 3.8) is 0 Å². The van der Waals surface area contributed by atoms with Crippen LogP contribution in [0.5, 0.6) is 11.5 Å². The first kappa shape index (κ1) is 21.2. The highest BCUT2D eigenvalue weighted by molar-refractivity contribution is 6.33. The van der Waals surface area contributed by atoms with E-state index in [1.165, 1.54) is 39.3 Å². The van der Waals surface area contributed by atoms with E-state index in [1.54, 1.807) is 0 Å². The third-order valence-electron chi connectivity index (χ3n) is 3.75. The van der Waals surface area contributed by atoms with Gasteiger partial charge in [-0.15, -0.1) is 0 Å². The van der Waals surface area contributed by atoms with Crippen LogP contribution in [0.4, 0.5) is 10.1 Å². The van der Waals surface area contributed by atoms with Crippen molar-refractivity contribution in [3.8, 4) is 11.5 Å². The Morgan fingerprint density at radius 3 is 2.46 bits per heavy atom. The summed E-state index contributed by atoms with van der Waals surface area (Å²) >= 11 is 5.86. The van der Waals surface area contributed by atoms with Crippen LogP contribution < -0.4 is 14.8 Å². The van der Waals surface area contributed by atoms with Crippen LogP contribution in [0.25, 0.3) is 0 Å². The second-order valence-corrected chi connectivity index (χ2v) is 5.95. The highest BCUT2D eigenvalue weighted by atomic mass is 35.5. The number of benzene rings is 2. The number of hydrogen-bond donors (Lipinski definition) is 1. The molecule has 7 nitrogen and oxygen atoms in total. The van der Waals surface area contributed by atoms with Crippen LogP contribution in [0.1, 0.15) is 27.6 Å². The number of carbonyl (C=O) groups is 3. The Morgan fingerprint density at radius 1 is 1.18 bits per heavy atom. The number of aldehydes is 1. The Hall–Kier alpha value is -3.13. The number of anilines is 1. The van der Waals surface area contributed by atoms with Crippen LogP contribution in [0.3, 0.4) is 0 Å². The number of nitrogens with one attached hydrogen (secondary N) is 1. The predicted molar refractivity (Wildman–Crippen MR) is 99.9 cm³/mol. The van der Waals surface area contributed by atoms with E-state index < -0.39 is 23.8 Å². The number of halogens is 2. The number of ether oxygens (including phenoxy) is 3. The smallest absolute Gasteiger partial charge is 0.343 e. The summed E-state index contributed by atoms with van der Waals surface area (Å²) in [4.78, 5) is 36.2. The summed E-state index contributed by atoms with van der Waals surface area (Å²) < 4.78 is 28.5. The molecule has 2 rings (SSSR count). The van der Waals surface area contributed by atoms with Crippen molar-refractivity contribution in [2.45, 2.75) is 13.0 Å². The van der Waals surface area contributed by atoms with Crippen molar-refractivity contribution in [3.05, 3.63) is 52.3 Å². The molecule has 0 saturated carbocycles. The van der Waals surface area contributed by atoms with Gasteiger partial charge in [0, 0.05) is 5.56 Å². The van der Waals surface area contributed by atoms with Gasteiger partial charge in [0.15, 0.2) is 23.9 Å². The summed E-state index contributed by atoms with van der Waals surface area (Å²) in [5.74, 6) is -1.99. The van der Waals surface area contributed by atoms with Gasteiger partial charge in [-0.25, -0.2) is 9.18 Å². The standard InChI is InChI=1S/C19H17ClFNO6/c1-10(18(24)22-14-6-5-12(21)8-13(14)20)28-19(25)16-11(9-23)4-7-15(26-2)17(16)27-3/h4-10H,1-3H3,(H,22,24)/t10-/m0/s1. The molecule has 0 radical (unpaired) electrons. The number of esters is 1. The zero-order valence-electron chi connectivity index (χ0n) is 15.2. The van der Waals surface area contributed by atoms with E-state index in [4.69, 9.17) is 25.8 Å². The zero-order valence-corrected chi connectivity index (χ0v) is 16.0. The molecular weight excluding hydrogens is 393 g/mol. The summed E-state index contributed by atoms with van der Waals surface area (Å²) in [6, 6.07) is 6.26. The van der Waals surface area contributed by atoms with Crippen LogP contribution in [0.2, 0.25) is 5.02 Å². The third-order valence-corrected chi connectivity index (χ3v) is 4.06. The second kappa shape index (κ2) is 9.18. The van der Waals surface area contributed by atoms with Crippen molar-refractivity contribution >= 4 is 35.5 Å². The minimum Gasteiger partial charge on any atom is -0.493 e. The van der Waals surface area contributed by atoms with E-state index in [1.807, 2.05) is 0 Å². The van der Waals surface area contributed by atoms with Crippen molar-refractivity contribution in [2.24, 2.45) is 0 Å². The highest BCUT2D eigenvalue weighted by Gasteiger charge is 2.26. The second-order valence-electron chi connectivity index (χ2n) is 5.54. The van der Waals surface area contributed by atoms with E-state index in [0.717, 1.165) is 12.1 Å². The lowest BCUT2D eigenvalue weighted by atomic mass is 10.1. The van der Waals surface area contributed by atoms with Gasteiger partial charge in [-0.1, -0.05) is 11.6 Å². The summed E-state index contributed by atoms with van der Waals surface area (Å²) in [5, 5.41) is 2.42. The Morgan fingerprint density at radius 2 is 1.89 bits per heavy atom. The summed E-state index contributed by atoms with van der Waals surface area (Å²) in [5.41, 5.74) is -0.00309. The molecule has 0 aromatic heterocycles. The molecule has 2 aromatic rings. The molecule has 0 aliphatic rings.